The van der Waals surface area contributed by atoms with Gasteiger partial charge in [0, 0.05) is 29.9 Å². The summed E-state index contributed by atoms with van der Waals surface area (Å²) in [6.07, 6.45) is 3.19. The van der Waals surface area contributed by atoms with E-state index in [4.69, 9.17) is 4.74 Å². The first-order chi connectivity index (χ1) is 16.9. The van der Waals surface area contributed by atoms with Crippen LogP contribution in [0.4, 0.5) is 11.4 Å². The number of morpholine rings is 1. The average Bonchev–Trinajstić information content (AvgIpc) is 3.13. The number of imide groups is 1. The number of nitrogens with one attached hydrogen (secondary N) is 1. The van der Waals surface area contributed by atoms with Crippen LogP contribution in [0.3, 0.4) is 0 Å². The first-order valence-electron chi connectivity index (χ1n) is 11.8. The predicted molar refractivity (Wildman–Crippen MR) is 130 cm³/mol. The van der Waals surface area contributed by atoms with Crippen molar-refractivity contribution in [1.82, 2.24) is 4.90 Å². The SMILES string of the molecule is CC1=CC[C@@H]2C(=O)N(c3cccc(C(=O)Nc4ccc(C(=O)N5CCOCC5)cc4)c3)C(=O)[C@@H]2C1. The van der Waals surface area contributed by atoms with Gasteiger partial charge in [-0.05, 0) is 62.2 Å². The van der Waals surface area contributed by atoms with Gasteiger partial charge >= 0.3 is 0 Å². The lowest BCUT2D eigenvalue weighted by Crippen LogP contribution is -2.40. The fourth-order valence-corrected chi connectivity index (χ4v) is 4.93. The first kappa shape index (κ1) is 23.0. The van der Waals surface area contributed by atoms with Gasteiger partial charge in [0.2, 0.25) is 11.8 Å². The second kappa shape index (κ2) is 9.46. The zero-order valence-electron chi connectivity index (χ0n) is 19.5. The molecule has 3 aliphatic rings. The van der Waals surface area contributed by atoms with Crippen molar-refractivity contribution < 1.29 is 23.9 Å². The van der Waals surface area contributed by atoms with Crippen LogP contribution >= 0.6 is 0 Å². The monoisotopic (exact) mass is 473 g/mol. The summed E-state index contributed by atoms with van der Waals surface area (Å²) in [4.78, 5) is 54.5. The summed E-state index contributed by atoms with van der Waals surface area (Å²) in [6, 6.07) is 13.3. The molecule has 2 aromatic rings. The number of hydrogen-bond donors (Lipinski definition) is 1. The molecule has 0 bridgehead atoms. The van der Waals surface area contributed by atoms with Crippen molar-refractivity contribution in [3.8, 4) is 0 Å². The smallest absolute Gasteiger partial charge is 0.255 e. The lowest BCUT2D eigenvalue weighted by Gasteiger charge is -2.26. The molecule has 8 nitrogen and oxygen atoms in total. The van der Waals surface area contributed by atoms with E-state index < -0.39 is 0 Å². The number of ether oxygens (including phenoxy) is 1. The van der Waals surface area contributed by atoms with Gasteiger partial charge in [-0.1, -0.05) is 17.7 Å². The van der Waals surface area contributed by atoms with E-state index in [2.05, 4.69) is 5.32 Å². The summed E-state index contributed by atoms with van der Waals surface area (Å²) in [6.45, 7) is 4.17. The standard InChI is InChI=1S/C27H27N3O5/c1-17-5-10-22-23(15-17)27(34)30(26(22)33)21-4-2-3-19(16-21)24(31)28-20-8-6-18(7-9-20)25(32)29-11-13-35-14-12-29/h2-9,16,22-23H,10-15H2,1H3,(H,28,31)/t22-,23+/m0/s1. The van der Waals surface area contributed by atoms with E-state index in [1.54, 1.807) is 53.4 Å². The number of hydrogen-bond acceptors (Lipinski definition) is 5. The van der Waals surface area contributed by atoms with Crippen LogP contribution in [-0.2, 0) is 14.3 Å². The second-order valence-electron chi connectivity index (χ2n) is 9.20. The molecule has 180 valence electrons. The van der Waals surface area contributed by atoms with E-state index in [0.29, 0.717) is 61.6 Å². The van der Waals surface area contributed by atoms with E-state index >= 15 is 0 Å². The number of amides is 4. The Bertz CT molecular complexity index is 1210. The Hall–Kier alpha value is -3.78. The Labute approximate surface area is 203 Å². The normalized spacial score (nSPS) is 22.0. The van der Waals surface area contributed by atoms with Crippen molar-refractivity contribution in [2.45, 2.75) is 19.8 Å². The van der Waals surface area contributed by atoms with E-state index in [1.165, 1.54) is 4.90 Å². The summed E-state index contributed by atoms with van der Waals surface area (Å²) < 4.78 is 5.29. The van der Waals surface area contributed by atoms with Gasteiger partial charge in [0.1, 0.15) is 0 Å². The van der Waals surface area contributed by atoms with Gasteiger partial charge in [-0.25, -0.2) is 0 Å². The Kier molecular flexibility index (Phi) is 6.21. The topological polar surface area (TPSA) is 96.0 Å². The van der Waals surface area contributed by atoms with Crippen LogP contribution in [0.25, 0.3) is 0 Å². The molecule has 2 aromatic carbocycles. The van der Waals surface area contributed by atoms with Crippen LogP contribution in [0.2, 0.25) is 0 Å². The predicted octanol–water partition coefficient (Wildman–Crippen LogP) is 3.26. The molecule has 1 aliphatic carbocycles. The maximum absolute atomic E-state index is 13.0. The highest BCUT2D eigenvalue weighted by atomic mass is 16.5. The molecule has 0 unspecified atom stereocenters. The number of anilines is 2. The molecule has 1 N–H and O–H groups in total. The molecular weight excluding hydrogens is 446 g/mol. The highest BCUT2D eigenvalue weighted by Crippen LogP contribution is 2.39. The highest BCUT2D eigenvalue weighted by molar-refractivity contribution is 6.22. The minimum absolute atomic E-state index is 0.0650. The average molecular weight is 474 g/mol. The van der Waals surface area contributed by atoms with Crippen LogP contribution in [0.15, 0.2) is 60.2 Å². The third-order valence-electron chi connectivity index (χ3n) is 6.88. The van der Waals surface area contributed by atoms with Gasteiger partial charge in [0.05, 0.1) is 30.7 Å². The number of carbonyl (C=O) groups excluding carboxylic acids is 4. The summed E-state index contributed by atoms with van der Waals surface area (Å²) in [5.41, 5.74) is 2.95. The van der Waals surface area contributed by atoms with Crippen LogP contribution in [0, 0.1) is 11.8 Å². The Morgan fingerprint density at radius 1 is 0.943 bits per heavy atom. The molecule has 0 aromatic heterocycles. The number of allylic oxidation sites excluding steroid dienone is 2. The number of carbonyl (C=O) groups is 4. The minimum atomic E-state index is -0.367. The molecule has 2 fully saturated rings. The maximum Gasteiger partial charge on any atom is 0.255 e. The second-order valence-corrected chi connectivity index (χ2v) is 9.20. The van der Waals surface area contributed by atoms with Crippen LogP contribution in [0.5, 0.6) is 0 Å². The lowest BCUT2D eigenvalue weighted by molar-refractivity contribution is -0.122. The number of nitrogens with zero attached hydrogens (tertiary/aromatic N) is 2. The molecule has 4 amide bonds. The molecular formula is C27H27N3O5. The summed E-state index contributed by atoms with van der Waals surface area (Å²) in [7, 11) is 0. The minimum Gasteiger partial charge on any atom is -0.378 e. The van der Waals surface area contributed by atoms with Crippen LogP contribution in [0.1, 0.15) is 40.5 Å². The van der Waals surface area contributed by atoms with Gasteiger partial charge in [0.25, 0.3) is 11.8 Å². The Balaban J connectivity index is 1.28. The molecule has 2 saturated heterocycles. The van der Waals surface area contributed by atoms with E-state index in [1.807, 2.05) is 13.0 Å². The molecule has 0 radical (unpaired) electrons. The highest BCUT2D eigenvalue weighted by Gasteiger charge is 2.48. The van der Waals surface area contributed by atoms with Crippen molar-refractivity contribution >= 4 is 35.0 Å². The molecule has 2 heterocycles. The van der Waals surface area contributed by atoms with Gasteiger partial charge < -0.3 is 15.0 Å². The van der Waals surface area contributed by atoms with Crippen LogP contribution in [-0.4, -0.2) is 54.8 Å². The van der Waals surface area contributed by atoms with Crippen LogP contribution < -0.4 is 10.2 Å². The molecule has 2 aliphatic heterocycles. The molecule has 35 heavy (non-hydrogen) atoms. The Morgan fingerprint density at radius 3 is 2.40 bits per heavy atom. The van der Waals surface area contributed by atoms with Gasteiger partial charge in [-0.3, -0.25) is 24.1 Å². The van der Waals surface area contributed by atoms with Crippen molar-refractivity contribution in [2.75, 3.05) is 36.5 Å². The van der Waals surface area contributed by atoms with Crippen molar-refractivity contribution in [3.05, 3.63) is 71.3 Å². The largest absolute Gasteiger partial charge is 0.378 e. The lowest BCUT2D eigenvalue weighted by atomic mass is 9.82. The Morgan fingerprint density at radius 2 is 1.66 bits per heavy atom. The zero-order valence-corrected chi connectivity index (χ0v) is 19.5. The van der Waals surface area contributed by atoms with Crippen molar-refractivity contribution in [2.24, 2.45) is 11.8 Å². The summed E-state index contributed by atoms with van der Waals surface area (Å²) >= 11 is 0. The van der Waals surface area contributed by atoms with Gasteiger partial charge in [0.15, 0.2) is 0 Å². The number of rotatable bonds is 4. The third kappa shape index (κ3) is 4.49. The van der Waals surface area contributed by atoms with E-state index in [0.717, 1.165) is 5.57 Å². The van der Waals surface area contributed by atoms with E-state index in [9.17, 15) is 19.2 Å². The summed E-state index contributed by atoms with van der Waals surface area (Å²) in [5.74, 6) is -1.50. The first-order valence-corrected chi connectivity index (χ1v) is 11.8. The molecule has 5 rings (SSSR count). The molecule has 0 saturated carbocycles. The molecule has 8 heteroatoms. The van der Waals surface area contributed by atoms with Gasteiger partial charge in [-0.2, -0.15) is 0 Å². The number of benzene rings is 2. The third-order valence-corrected chi connectivity index (χ3v) is 6.88. The van der Waals surface area contributed by atoms with E-state index in [-0.39, 0.29) is 35.5 Å². The summed E-state index contributed by atoms with van der Waals surface area (Å²) in [5, 5.41) is 2.82. The molecule has 0 spiro atoms. The zero-order chi connectivity index (χ0) is 24.5. The van der Waals surface area contributed by atoms with Crippen molar-refractivity contribution in [3.63, 3.8) is 0 Å². The van der Waals surface area contributed by atoms with Gasteiger partial charge in [-0.15, -0.1) is 0 Å². The van der Waals surface area contributed by atoms with Crippen molar-refractivity contribution in [1.29, 1.82) is 0 Å². The molecule has 2 atom stereocenters. The quantitative estimate of drug-likeness (QED) is 0.543. The fraction of sp³-hybridized carbons (Fsp3) is 0.333. The number of fused-ring (bicyclic) bond motifs is 1. The maximum atomic E-state index is 13.0. The fourth-order valence-electron chi connectivity index (χ4n) is 4.93.